The average Bonchev–Trinajstić information content (AvgIpc) is 3.10. The Morgan fingerprint density at radius 3 is 2.91 bits per heavy atom. The summed E-state index contributed by atoms with van der Waals surface area (Å²) in [5, 5.41) is 13.7. The fourth-order valence-corrected chi connectivity index (χ4v) is 3.38. The number of likely N-dealkylation sites (N-methyl/N-ethyl adjacent to an activating group) is 1. The van der Waals surface area contributed by atoms with E-state index in [1.54, 1.807) is 6.20 Å². The summed E-state index contributed by atoms with van der Waals surface area (Å²) in [6, 6.07) is 0.312. The highest BCUT2D eigenvalue weighted by Gasteiger charge is 2.30. The molecule has 0 radical (unpaired) electrons. The summed E-state index contributed by atoms with van der Waals surface area (Å²) >= 11 is 0. The molecule has 0 fully saturated rings. The van der Waals surface area contributed by atoms with Gasteiger partial charge in [0.2, 0.25) is 0 Å². The van der Waals surface area contributed by atoms with Crippen molar-refractivity contribution < 1.29 is 9.90 Å². The summed E-state index contributed by atoms with van der Waals surface area (Å²) in [5.41, 5.74) is 2.21. The third-order valence-electron chi connectivity index (χ3n) is 4.76. The number of hydrogen-bond acceptors (Lipinski definition) is 4. The van der Waals surface area contributed by atoms with Gasteiger partial charge in [-0.3, -0.25) is 9.58 Å². The zero-order chi connectivity index (χ0) is 16.6. The second kappa shape index (κ2) is 6.16. The highest BCUT2D eigenvalue weighted by atomic mass is 16.4. The lowest BCUT2D eigenvalue weighted by molar-refractivity contribution is 0.0687. The van der Waals surface area contributed by atoms with Crippen LogP contribution in [0.2, 0.25) is 0 Å². The molecule has 1 unspecified atom stereocenters. The summed E-state index contributed by atoms with van der Waals surface area (Å²) in [6.45, 7) is 3.47. The van der Waals surface area contributed by atoms with Crippen LogP contribution < -0.4 is 0 Å². The molecule has 0 bridgehead atoms. The molecule has 1 atom stereocenters. The first-order chi connectivity index (χ1) is 11.0. The molecule has 0 aromatic carbocycles. The third kappa shape index (κ3) is 2.88. The molecular formula is C16H23N5O2. The van der Waals surface area contributed by atoms with Crippen molar-refractivity contribution in [2.45, 2.75) is 45.3 Å². The molecule has 23 heavy (non-hydrogen) atoms. The molecule has 7 nitrogen and oxygen atoms in total. The maximum Gasteiger partial charge on any atom is 0.356 e. The van der Waals surface area contributed by atoms with Crippen LogP contribution in [0.3, 0.4) is 0 Å². The summed E-state index contributed by atoms with van der Waals surface area (Å²) in [7, 11) is 4.07. The number of hydrogen-bond donors (Lipinski definition) is 1. The van der Waals surface area contributed by atoms with Crippen LogP contribution in [0.4, 0.5) is 0 Å². The molecule has 0 aliphatic heterocycles. The minimum atomic E-state index is -0.930. The van der Waals surface area contributed by atoms with Crippen LogP contribution in [0.25, 0.3) is 0 Å². The fourth-order valence-electron chi connectivity index (χ4n) is 3.38. The molecule has 124 valence electrons. The zero-order valence-corrected chi connectivity index (χ0v) is 13.9. The highest BCUT2D eigenvalue weighted by molar-refractivity contribution is 5.87. The first kappa shape index (κ1) is 15.7. The molecule has 1 aliphatic carbocycles. The molecule has 2 aromatic rings. The van der Waals surface area contributed by atoms with Crippen molar-refractivity contribution in [1.29, 1.82) is 0 Å². The summed E-state index contributed by atoms with van der Waals surface area (Å²) in [5.74, 6) is 0.0851. The second-order valence-corrected chi connectivity index (χ2v) is 6.16. The number of imidazole rings is 1. The molecule has 1 aliphatic rings. The lowest BCUT2D eigenvalue weighted by Crippen LogP contribution is -2.37. The van der Waals surface area contributed by atoms with Crippen LogP contribution in [0.1, 0.15) is 40.9 Å². The van der Waals surface area contributed by atoms with Gasteiger partial charge < -0.3 is 9.67 Å². The molecule has 0 saturated heterocycles. The van der Waals surface area contributed by atoms with Gasteiger partial charge in [0.1, 0.15) is 5.82 Å². The normalized spacial score (nSPS) is 17.5. The fraction of sp³-hybridized carbons (Fsp3) is 0.562. The average molecular weight is 317 g/mol. The quantitative estimate of drug-likeness (QED) is 0.900. The number of aromatic carboxylic acids is 1. The second-order valence-electron chi connectivity index (χ2n) is 6.16. The lowest BCUT2D eigenvalue weighted by Gasteiger charge is -2.31. The van der Waals surface area contributed by atoms with Crippen molar-refractivity contribution in [1.82, 2.24) is 24.2 Å². The Balaban J connectivity index is 1.80. The number of nitrogens with zero attached hydrogens (tertiary/aromatic N) is 5. The third-order valence-corrected chi connectivity index (χ3v) is 4.76. The maximum atomic E-state index is 11.5. The number of carboxylic acids is 1. The van der Waals surface area contributed by atoms with Crippen molar-refractivity contribution in [2.75, 3.05) is 7.05 Å². The molecule has 0 spiro atoms. The molecule has 1 N–H and O–H groups in total. The molecule has 2 aromatic heterocycles. The van der Waals surface area contributed by atoms with Crippen LogP contribution in [0.5, 0.6) is 0 Å². The van der Waals surface area contributed by atoms with Gasteiger partial charge >= 0.3 is 5.97 Å². The van der Waals surface area contributed by atoms with Gasteiger partial charge in [-0.1, -0.05) is 0 Å². The van der Waals surface area contributed by atoms with Crippen molar-refractivity contribution in [3.05, 3.63) is 35.2 Å². The van der Waals surface area contributed by atoms with E-state index in [1.807, 2.05) is 29.4 Å². The molecule has 7 heteroatoms. The summed E-state index contributed by atoms with van der Waals surface area (Å²) < 4.78 is 3.86. The minimum Gasteiger partial charge on any atom is -0.476 e. The highest BCUT2D eigenvalue weighted by Crippen LogP contribution is 2.27. The van der Waals surface area contributed by atoms with Crippen molar-refractivity contribution in [3.63, 3.8) is 0 Å². The monoisotopic (exact) mass is 317 g/mol. The Labute approximate surface area is 135 Å². The van der Waals surface area contributed by atoms with E-state index in [0.717, 1.165) is 42.9 Å². The predicted octanol–water partition coefficient (Wildman–Crippen LogP) is 1.32. The molecular weight excluding hydrogens is 294 g/mol. The van der Waals surface area contributed by atoms with Crippen LogP contribution in [0, 0.1) is 0 Å². The van der Waals surface area contributed by atoms with E-state index < -0.39 is 5.97 Å². The Hall–Kier alpha value is -2.15. The Morgan fingerprint density at radius 2 is 2.30 bits per heavy atom. The first-order valence-electron chi connectivity index (χ1n) is 7.99. The Kier molecular flexibility index (Phi) is 4.21. The Morgan fingerprint density at radius 1 is 1.52 bits per heavy atom. The van der Waals surface area contributed by atoms with E-state index in [1.165, 1.54) is 0 Å². The number of aryl methyl sites for hydroxylation is 2. The van der Waals surface area contributed by atoms with Gasteiger partial charge in [0.05, 0.1) is 6.54 Å². The number of aromatic nitrogens is 4. The van der Waals surface area contributed by atoms with Crippen LogP contribution >= 0.6 is 0 Å². The predicted molar refractivity (Wildman–Crippen MR) is 85.3 cm³/mol. The molecule has 0 amide bonds. The van der Waals surface area contributed by atoms with Gasteiger partial charge in [0.25, 0.3) is 0 Å². The van der Waals surface area contributed by atoms with E-state index in [9.17, 15) is 9.90 Å². The lowest BCUT2D eigenvalue weighted by atomic mass is 9.90. The van der Waals surface area contributed by atoms with Crippen LogP contribution in [-0.2, 0) is 33.0 Å². The van der Waals surface area contributed by atoms with Crippen molar-refractivity contribution >= 4 is 5.97 Å². The largest absolute Gasteiger partial charge is 0.476 e. The standard InChI is InChI=1S/C16H23N5O2/c1-4-21-13-6-5-11(9-12(13)15(18-21)16(22)23)20(3)10-14-17-7-8-19(14)2/h7-8,11H,4-6,9-10H2,1-3H3,(H,22,23). The van der Waals surface area contributed by atoms with Crippen molar-refractivity contribution in [2.24, 2.45) is 7.05 Å². The minimum absolute atomic E-state index is 0.219. The molecule has 0 saturated carbocycles. The van der Waals surface area contributed by atoms with E-state index in [2.05, 4.69) is 22.0 Å². The topological polar surface area (TPSA) is 76.2 Å². The zero-order valence-electron chi connectivity index (χ0n) is 13.9. The van der Waals surface area contributed by atoms with E-state index >= 15 is 0 Å². The van der Waals surface area contributed by atoms with Gasteiger partial charge in [0.15, 0.2) is 5.69 Å². The number of rotatable bonds is 5. The Bertz CT molecular complexity index is 718. The van der Waals surface area contributed by atoms with Gasteiger partial charge in [0, 0.05) is 43.3 Å². The SMILES string of the molecule is CCn1nc(C(=O)O)c2c1CCC(N(C)Cc1nccn1C)C2. The summed E-state index contributed by atoms with van der Waals surface area (Å²) in [6.07, 6.45) is 6.36. The number of carbonyl (C=O) groups is 1. The van der Waals surface area contributed by atoms with E-state index in [-0.39, 0.29) is 5.69 Å². The smallest absolute Gasteiger partial charge is 0.356 e. The van der Waals surface area contributed by atoms with Crippen molar-refractivity contribution in [3.8, 4) is 0 Å². The number of carboxylic acid groups (broad SMARTS) is 1. The van der Waals surface area contributed by atoms with E-state index in [0.29, 0.717) is 12.6 Å². The number of fused-ring (bicyclic) bond motifs is 1. The van der Waals surface area contributed by atoms with Gasteiger partial charge in [-0.15, -0.1) is 0 Å². The van der Waals surface area contributed by atoms with Crippen LogP contribution in [-0.4, -0.2) is 48.4 Å². The summed E-state index contributed by atoms with van der Waals surface area (Å²) in [4.78, 5) is 18.1. The van der Waals surface area contributed by atoms with Gasteiger partial charge in [-0.2, -0.15) is 5.10 Å². The van der Waals surface area contributed by atoms with Gasteiger partial charge in [-0.25, -0.2) is 9.78 Å². The first-order valence-corrected chi connectivity index (χ1v) is 7.99. The van der Waals surface area contributed by atoms with Gasteiger partial charge in [-0.05, 0) is 33.2 Å². The molecule has 3 rings (SSSR count). The van der Waals surface area contributed by atoms with Crippen LogP contribution in [0.15, 0.2) is 12.4 Å². The molecule has 2 heterocycles. The van der Waals surface area contributed by atoms with E-state index in [4.69, 9.17) is 0 Å². The maximum absolute atomic E-state index is 11.5.